The predicted molar refractivity (Wildman–Crippen MR) is 116 cm³/mol. The molecule has 8 N–H and O–H groups in total. The smallest absolute Gasteiger partial charge is 0.408 e. The van der Waals surface area contributed by atoms with E-state index in [1.165, 1.54) is 6.92 Å². The summed E-state index contributed by atoms with van der Waals surface area (Å²) >= 11 is 0. The van der Waals surface area contributed by atoms with Crippen molar-refractivity contribution < 1.29 is 29.0 Å². The number of carbonyl (C=O) groups is 4. The molecule has 12 nitrogen and oxygen atoms in total. The zero-order chi connectivity index (χ0) is 23.9. The number of amides is 3. The van der Waals surface area contributed by atoms with E-state index >= 15 is 0 Å². The Morgan fingerprint density at radius 2 is 1.81 bits per heavy atom. The SMILES string of the molecule is C[C@H](NC(=O)[C@@H](CO)NC(=O)OCc1ccccc1)C(=O)NC(C=O)CCCN=C(N)N. The van der Waals surface area contributed by atoms with E-state index in [9.17, 15) is 24.3 Å². The lowest BCUT2D eigenvalue weighted by molar-refractivity contribution is -0.131. The minimum Gasteiger partial charge on any atom is -0.445 e. The van der Waals surface area contributed by atoms with E-state index in [1.54, 1.807) is 24.3 Å². The molecule has 0 bridgehead atoms. The third-order valence-electron chi connectivity index (χ3n) is 4.22. The monoisotopic (exact) mass is 450 g/mol. The van der Waals surface area contributed by atoms with E-state index in [0.717, 1.165) is 5.56 Å². The van der Waals surface area contributed by atoms with Crippen LogP contribution in [0.3, 0.4) is 0 Å². The molecule has 1 rings (SSSR count). The highest BCUT2D eigenvalue weighted by molar-refractivity contribution is 5.91. The summed E-state index contributed by atoms with van der Waals surface area (Å²) in [5.74, 6) is -1.47. The van der Waals surface area contributed by atoms with E-state index in [4.69, 9.17) is 16.2 Å². The van der Waals surface area contributed by atoms with Gasteiger partial charge < -0.3 is 42.1 Å². The molecule has 0 aliphatic heterocycles. The first kappa shape index (κ1) is 26.4. The van der Waals surface area contributed by atoms with Crippen LogP contribution in [0.5, 0.6) is 0 Å². The second kappa shape index (κ2) is 14.4. The van der Waals surface area contributed by atoms with Gasteiger partial charge in [-0.3, -0.25) is 14.6 Å². The van der Waals surface area contributed by atoms with Crippen LogP contribution in [0.25, 0.3) is 0 Å². The minimum atomic E-state index is -1.32. The van der Waals surface area contributed by atoms with Crippen molar-refractivity contribution in [3.63, 3.8) is 0 Å². The highest BCUT2D eigenvalue weighted by Gasteiger charge is 2.25. The molecular weight excluding hydrogens is 420 g/mol. The highest BCUT2D eigenvalue weighted by Crippen LogP contribution is 2.01. The van der Waals surface area contributed by atoms with Gasteiger partial charge in [0.1, 0.15) is 25.0 Å². The number of aliphatic hydroxyl groups excluding tert-OH is 1. The lowest BCUT2D eigenvalue weighted by Crippen LogP contribution is -2.55. The Kier molecular flexibility index (Phi) is 11.8. The van der Waals surface area contributed by atoms with Crippen LogP contribution in [0.1, 0.15) is 25.3 Å². The molecule has 1 aromatic rings. The van der Waals surface area contributed by atoms with Crippen LogP contribution >= 0.6 is 0 Å². The van der Waals surface area contributed by atoms with Crippen LogP contribution in [-0.4, -0.2) is 66.5 Å². The molecule has 0 saturated carbocycles. The fourth-order valence-corrected chi connectivity index (χ4v) is 2.48. The fourth-order valence-electron chi connectivity index (χ4n) is 2.48. The number of ether oxygens (including phenoxy) is 1. The first-order valence-corrected chi connectivity index (χ1v) is 9.96. The van der Waals surface area contributed by atoms with Gasteiger partial charge in [-0.15, -0.1) is 0 Å². The maximum atomic E-state index is 12.3. The first-order chi connectivity index (χ1) is 15.3. The highest BCUT2D eigenvalue weighted by atomic mass is 16.5. The van der Waals surface area contributed by atoms with Gasteiger partial charge >= 0.3 is 6.09 Å². The van der Waals surface area contributed by atoms with E-state index in [2.05, 4.69) is 20.9 Å². The molecule has 0 radical (unpaired) electrons. The van der Waals surface area contributed by atoms with Crippen molar-refractivity contribution in [2.75, 3.05) is 13.2 Å². The Morgan fingerprint density at radius 1 is 1.12 bits per heavy atom. The van der Waals surface area contributed by atoms with E-state index < -0.39 is 42.6 Å². The lowest BCUT2D eigenvalue weighted by Gasteiger charge is -2.21. The molecule has 1 aromatic carbocycles. The summed E-state index contributed by atoms with van der Waals surface area (Å²) in [4.78, 5) is 51.4. The van der Waals surface area contributed by atoms with Crippen molar-refractivity contribution in [2.24, 2.45) is 16.5 Å². The summed E-state index contributed by atoms with van der Waals surface area (Å²) in [7, 11) is 0. The Morgan fingerprint density at radius 3 is 2.41 bits per heavy atom. The molecule has 3 amide bonds. The zero-order valence-electron chi connectivity index (χ0n) is 17.8. The second-order valence-electron chi connectivity index (χ2n) is 6.87. The molecule has 0 spiro atoms. The average Bonchev–Trinajstić information content (AvgIpc) is 2.78. The topological polar surface area (TPSA) is 198 Å². The molecule has 0 saturated heterocycles. The Bertz CT molecular complexity index is 784. The van der Waals surface area contributed by atoms with Gasteiger partial charge in [-0.05, 0) is 25.3 Å². The molecule has 0 heterocycles. The number of hydrogen-bond acceptors (Lipinski definition) is 7. The summed E-state index contributed by atoms with van der Waals surface area (Å²) in [5, 5.41) is 16.5. The van der Waals surface area contributed by atoms with Gasteiger partial charge in [0.2, 0.25) is 11.8 Å². The number of aldehydes is 1. The maximum absolute atomic E-state index is 12.3. The van der Waals surface area contributed by atoms with E-state index in [-0.39, 0.29) is 12.6 Å². The molecule has 1 unspecified atom stereocenters. The number of aliphatic hydroxyl groups is 1. The summed E-state index contributed by atoms with van der Waals surface area (Å²) in [6.07, 6.45) is 0.440. The molecule has 0 aromatic heterocycles. The van der Waals surface area contributed by atoms with Gasteiger partial charge in [-0.2, -0.15) is 0 Å². The lowest BCUT2D eigenvalue weighted by atomic mass is 10.1. The maximum Gasteiger partial charge on any atom is 0.408 e. The number of aliphatic imine (C=N–C) groups is 1. The number of nitrogens with two attached hydrogens (primary N) is 2. The third-order valence-corrected chi connectivity index (χ3v) is 4.22. The summed E-state index contributed by atoms with van der Waals surface area (Å²) in [5.41, 5.74) is 11.2. The van der Waals surface area contributed by atoms with Crippen molar-refractivity contribution in [1.82, 2.24) is 16.0 Å². The third kappa shape index (κ3) is 10.4. The van der Waals surface area contributed by atoms with Crippen molar-refractivity contribution in [2.45, 2.75) is 44.5 Å². The van der Waals surface area contributed by atoms with Crippen LogP contribution in [0.2, 0.25) is 0 Å². The molecular formula is C20H30N6O6. The average molecular weight is 450 g/mol. The van der Waals surface area contributed by atoms with Gasteiger partial charge in [0.25, 0.3) is 0 Å². The molecule has 3 atom stereocenters. The largest absolute Gasteiger partial charge is 0.445 e. The normalized spacial score (nSPS) is 13.1. The van der Waals surface area contributed by atoms with Crippen molar-refractivity contribution in [3.8, 4) is 0 Å². The first-order valence-electron chi connectivity index (χ1n) is 9.96. The predicted octanol–water partition coefficient (Wildman–Crippen LogP) is -1.48. The van der Waals surface area contributed by atoms with Crippen LogP contribution in [0, 0.1) is 0 Å². The Balaban J connectivity index is 2.47. The van der Waals surface area contributed by atoms with Crippen LogP contribution in [0.4, 0.5) is 4.79 Å². The van der Waals surface area contributed by atoms with E-state index in [0.29, 0.717) is 25.7 Å². The van der Waals surface area contributed by atoms with Gasteiger partial charge in [-0.25, -0.2) is 4.79 Å². The fraction of sp³-hybridized carbons (Fsp3) is 0.450. The Hall–Kier alpha value is -3.67. The standard InChI is InChI=1S/C20H30N6O6/c1-13(17(29)25-15(10-27)8-5-9-23-19(21)22)24-18(30)16(11-28)26-20(31)32-12-14-6-3-2-4-7-14/h2-4,6-7,10,13,15-16,28H,5,8-9,11-12H2,1H3,(H,24,30)(H,25,29)(H,26,31)(H4,21,22,23)/t13-,15?,16+/m0/s1. The van der Waals surface area contributed by atoms with Gasteiger partial charge in [0, 0.05) is 6.54 Å². The number of hydrogen-bond donors (Lipinski definition) is 6. The van der Waals surface area contributed by atoms with Gasteiger partial charge in [0.05, 0.1) is 12.6 Å². The van der Waals surface area contributed by atoms with Gasteiger partial charge in [-0.1, -0.05) is 30.3 Å². The molecule has 0 aliphatic rings. The Labute approximate surface area is 185 Å². The summed E-state index contributed by atoms with van der Waals surface area (Å²) in [6.45, 7) is 0.986. The number of nitrogens with zero attached hydrogens (tertiary/aromatic N) is 1. The minimum absolute atomic E-state index is 0.0124. The molecule has 12 heteroatoms. The van der Waals surface area contributed by atoms with E-state index in [1.807, 2.05) is 6.07 Å². The number of guanidine groups is 1. The van der Waals surface area contributed by atoms with Crippen molar-refractivity contribution in [1.29, 1.82) is 0 Å². The van der Waals surface area contributed by atoms with Crippen molar-refractivity contribution >= 4 is 30.2 Å². The summed E-state index contributed by atoms with van der Waals surface area (Å²) < 4.78 is 5.01. The van der Waals surface area contributed by atoms with Crippen molar-refractivity contribution in [3.05, 3.63) is 35.9 Å². The molecule has 0 aliphatic carbocycles. The van der Waals surface area contributed by atoms with Crippen LogP contribution < -0.4 is 27.4 Å². The number of rotatable bonds is 13. The quantitative estimate of drug-likeness (QED) is 0.0904. The molecule has 176 valence electrons. The van der Waals surface area contributed by atoms with Crippen LogP contribution in [-0.2, 0) is 25.7 Å². The summed E-state index contributed by atoms with van der Waals surface area (Å²) in [6, 6.07) is 5.77. The molecule has 32 heavy (non-hydrogen) atoms. The van der Waals surface area contributed by atoms with Crippen LogP contribution in [0.15, 0.2) is 35.3 Å². The number of alkyl carbamates (subject to hydrolysis) is 1. The zero-order valence-corrected chi connectivity index (χ0v) is 17.8. The molecule has 0 fully saturated rings. The number of carbonyl (C=O) groups excluding carboxylic acids is 4. The number of benzene rings is 1. The second-order valence-corrected chi connectivity index (χ2v) is 6.87. The van der Waals surface area contributed by atoms with Gasteiger partial charge in [0.15, 0.2) is 5.96 Å². The number of nitrogens with one attached hydrogen (secondary N) is 3.